The molecule has 1 aromatic heterocycles. The fourth-order valence-electron chi connectivity index (χ4n) is 8.51. The molecule has 4 aliphatic heterocycles. The van der Waals surface area contributed by atoms with Gasteiger partial charge in [0.05, 0.1) is 5.92 Å². The van der Waals surface area contributed by atoms with Crippen LogP contribution in [0.15, 0.2) is 48.7 Å². The monoisotopic (exact) mass is 653 g/mol. The number of hydrogen-bond donors (Lipinski definition) is 2. The van der Waals surface area contributed by atoms with Crippen LogP contribution in [0.3, 0.4) is 0 Å². The van der Waals surface area contributed by atoms with Crippen LogP contribution in [-0.2, 0) is 22.4 Å². The molecular weight excluding hydrogens is 602 g/mol. The van der Waals surface area contributed by atoms with Gasteiger partial charge in [-0.3, -0.25) is 14.5 Å². The van der Waals surface area contributed by atoms with Gasteiger partial charge in [0.1, 0.15) is 0 Å². The highest BCUT2D eigenvalue weighted by molar-refractivity contribution is 5.91. The third-order valence-corrected chi connectivity index (χ3v) is 11.4. The fraction of sp³-hybridized carbons (Fsp3) is 0.553. The van der Waals surface area contributed by atoms with Crippen molar-refractivity contribution in [2.45, 2.75) is 64.0 Å². The Morgan fingerprint density at radius 1 is 0.854 bits per heavy atom. The number of aromatic nitrogens is 1. The van der Waals surface area contributed by atoms with Gasteiger partial charge in [0.25, 0.3) is 0 Å². The predicted molar refractivity (Wildman–Crippen MR) is 189 cm³/mol. The SMILES string of the molecule is Cc1cc(CC(CC(=O)N2CCC(N3CCc4ccccc4NC3=O)CC2)C(=O)N2CCN(C3CCN(C)CC3)CC2)cc2cc[nH]c12. The Morgan fingerprint density at radius 3 is 2.35 bits per heavy atom. The van der Waals surface area contributed by atoms with Crippen LogP contribution in [0.1, 0.15) is 48.8 Å². The van der Waals surface area contributed by atoms with Gasteiger partial charge >= 0.3 is 6.03 Å². The molecule has 4 aliphatic rings. The second-order valence-electron chi connectivity index (χ2n) is 14.5. The number of anilines is 1. The third-order valence-electron chi connectivity index (χ3n) is 11.4. The zero-order chi connectivity index (χ0) is 33.2. The van der Waals surface area contributed by atoms with E-state index in [4.69, 9.17) is 0 Å². The molecule has 3 fully saturated rings. The Labute approximate surface area is 284 Å². The summed E-state index contributed by atoms with van der Waals surface area (Å²) < 4.78 is 0. The maximum atomic E-state index is 14.2. The standard InChI is InChI=1S/C38H51N7O3/c1-27-23-28(24-30-7-13-39-36(27)30)25-31(37(47)44-21-19-42(20-22-44)32-9-14-41(2)15-10-32)26-35(46)43-16-11-33(12-17-43)45-18-8-29-5-3-4-6-34(29)40-38(45)48/h3-7,13,23-24,31-33,39H,8-12,14-22,25-26H2,1-2H3,(H,40,48). The molecule has 5 heterocycles. The summed E-state index contributed by atoms with van der Waals surface area (Å²) in [6, 6.07) is 15.0. The van der Waals surface area contributed by atoms with Crippen molar-refractivity contribution in [2.75, 3.05) is 71.3 Å². The first-order valence-electron chi connectivity index (χ1n) is 18.0. The average Bonchev–Trinajstić information content (AvgIpc) is 3.52. The minimum Gasteiger partial charge on any atom is -0.361 e. The minimum atomic E-state index is -0.407. The molecule has 0 saturated carbocycles. The molecule has 2 aromatic carbocycles. The molecule has 3 saturated heterocycles. The zero-order valence-corrected chi connectivity index (χ0v) is 28.6. The van der Waals surface area contributed by atoms with Crippen LogP contribution in [0.4, 0.5) is 10.5 Å². The van der Waals surface area contributed by atoms with E-state index in [1.807, 2.05) is 39.1 Å². The topological polar surface area (TPSA) is 95.2 Å². The fourth-order valence-corrected chi connectivity index (χ4v) is 8.51. The number of nitrogens with zero attached hydrogens (tertiary/aromatic N) is 5. The van der Waals surface area contributed by atoms with E-state index < -0.39 is 5.92 Å². The van der Waals surface area contributed by atoms with Crippen molar-refractivity contribution in [3.63, 3.8) is 0 Å². The van der Waals surface area contributed by atoms with Gasteiger partial charge < -0.3 is 29.9 Å². The minimum absolute atomic E-state index is 0.0453. The number of rotatable bonds is 7. The smallest absolute Gasteiger partial charge is 0.322 e. The van der Waals surface area contributed by atoms with Crippen LogP contribution in [0.5, 0.6) is 0 Å². The molecule has 7 rings (SSSR count). The van der Waals surface area contributed by atoms with E-state index in [0.29, 0.717) is 32.1 Å². The molecule has 4 amide bonds. The highest BCUT2D eigenvalue weighted by Crippen LogP contribution is 2.28. The largest absolute Gasteiger partial charge is 0.361 e. The number of urea groups is 1. The van der Waals surface area contributed by atoms with E-state index in [9.17, 15) is 14.4 Å². The zero-order valence-electron chi connectivity index (χ0n) is 28.6. The van der Waals surface area contributed by atoms with Crippen LogP contribution >= 0.6 is 0 Å². The lowest BCUT2D eigenvalue weighted by molar-refractivity contribution is -0.143. The van der Waals surface area contributed by atoms with E-state index in [1.165, 1.54) is 12.8 Å². The number of piperazine rings is 1. The Bertz CT molecular complexity index is 1610. The van der Waals surface area contributed by atoms with Crippen LogP contribution in [0, 0.1) is 12.8 Å². The number of carbonyl (C=O) groups excluding carboxylic acids is 3. The Hall–Kier alpha value is -3.89. The number of amides is 4. The summed E-state index contributed by atoms with van der Waals surface area (Å²) in [5.41, 5.74) is 5.42. The molecule has 10 nitrogen and oxygen atoms in total. The van der Waals surface area contributed by atoms with Crippen molar-refractivity contribution >= 4 is 34.4 Å². The lowest BCUT2D eigenvalue weighted by Gasteiger charge is -2.43. The van der Waals surface area contributed by atoms with Crippen LogP contribution < -0.4 is 5.32 Å². The van der Waals surface area contributed by atoms with Crippen molar-refractivity contribution in [2.24, 2.45) is 5.92 Å². The first kappa shape index (κ1) is 32.6. The summed E-state index contributed by atoms with van der Waals surface area (Å²) in [5, 5.41) is 4.23. The third kappa shape index (κ3) is 7.10. The first-order chi connectivity index (χ1) is 23.3. The van der Waals surface area contributed by atoms with Crippen LogP contribution in [0.25, 0.3) is 10.9 Å². The van der Waals surface area contributed by atoms with Crippen molar-refractivity contribution in [3.05, 3.63) is 65.4 Å². The summed E-state index contributed by atoms with van der Waals surface area (Å²) in [5.74, 6) is -0.256. The van der Waals surface area contributed by atoms with E-state index in [1.54, 1.807) is 0 Å². The van der Waals surface area contributed by atoms with Crippen molar-refractivity contribution < 1.29 is 14.4 Å². The normalized spacial score (nSPS) is 21.2. The number of piperidine rings is 2. The van der Waals surface area contributed by atoms with E-state index in [-0.39, 0.29) is 30.3 Å². The highest BCUT2D eigenvalue weighted by atomic mass is 16.2. The summed E-state index contributed by atoms with van der Waals surface area (Å²) >= 11 is 0. The number of benzene rings is 2. The number of likely N-dealkylation sites (tertiary alicyclic amines) is 2. The molecule has 1 atom stereocenters. The maximum Gasteiger partial charge on any atom is 0.322 e. The number of fused-ring (bicyclic) bond motifs is 2. The average molecular weight is 654 g/mol. The van der Waals surface area contributed by atoms with E-state index in [0.717, 1.165) is 91.8 Å². The Balaban J connectivity index is 0.996. The summed E-state index contributed by atoms with van der Waals surface area (Å²) in [7, 11) is 2.19. The van der Waals surface area contributed by atoms with Crippen LogP contribution in [0.2, 0.25) is 0 Å². The molecule has 0 radical (unpaired) electrons. The number of aromatic amines is 1. The molecule has 0 spiro atoms. The van der Waals surface area contributed by atoms with Gasteiger partial charge in [-0.25, -0.2) is 4.79 Å². The Kier molecular flexibility index (Phi) is 9.73. The molecule has 48 heavy (non-hydrogen) atoms. The van der Waals surface area contributed by atoms with Gasteiger partial charge in [0.2, 0.25) is 11.8 Å². The number of hydrogen-bond acceptors (Lipinski definition) is 5. The molecular formula is C38H51N7O3. The summed E-state index contributed by atoms with van der Waals surface area (Å²) in [4.78, 5) is 55.5. The van der Waals surface area contributed by atoms with E-state index >= 15 is 0 Å². The number of nitrogens with one attached hydrogen (secondary N) is 2. The lowest BCUT2D eigenvalue weighted by atomic mass is 9.91. The van der Waals surface area contributed by atoms with Crippen molar-refractivity contribution in [3.8, 4) is 0 Å². The number of aryl methyl sites for hydroxylation is 1. The quantitative estimate of drug-likeness (QED) is 0.396. The van der Waals surface area contributed by atoms with Gasteiger partial charge in [0.15, 0.2) is 0 Å². The number of para-hydroxylation sites is 1. The van der Waals surface area contributed by atoms with Crippen molar-refractivity contribution in [1.29, 1.82) is 0 Å². The lowest BCUT2D eigenvalue weighted by Crippen LogP contribution is -2.55. The second-order valence-corrected chi connectivity index (χ2v) is 14.5. The molecule has 256 valence electrons. The van der Waals surface area contributed by atoms with Gasteiger partial charge in [-0.1, -0.05) is 24.3 Å². The molecule has 10 heteroatoms. The first-order valence-corrected chi connectivity index (χ1v) is 18.0. The van der Waals surface area contributed by atoms with E-state index in [2.05, 4.69) is 58.3 Å². The summed E-state index contributed by atoms with van der Waals surface area (Å²) in [6.45, 7) is 9.49. The molecule has 0 aliphatic carbocycles. The van der Waals surface area contributed by atoms with Gasteiger partial charge in [-0.05, 0) is 106 Å². The van der Waals surface area contributed by atoms with Gasteiger partial charge in [0, 0.05) is 81.7 Å². The van der Waals surface area contributed by atoms with Crippen molar-refractivity contribution in [1.82, 2.24) is 29.5 Å². The maximum absolute atomic E-state index is 14.2. The Morgan fingerprint density at radius 2 is 1.58 bits per heavy atom. The van der Waals surface area contributed by atoms with Crippen LogP contribution in [-0.4, -0.2) is 125 Å². The second kappa shape index (κ2) is 14.3. The molecule has 0 bridgehead atoms. The van der Waals surface area contributed by atoms with Gasteiger partial charge in [-0.2, -0.15) is 0 Å². The molecule has 2 N–H and O–H groups in total. The number of carbonyl (C=O) groups is 3. The van der Waals surface area contributed by atoms with Gasteiger partial charge in [-0.15, -0.1) is 0 Å². The molecule has 1 unspecified atom stereocenters. The summed E-state index contributed by atoms with van der Waals surface area (Å²) in [6.07, 6.45) is 7.40. The highest BCUT2D eigenvalue weighted by Gasteiger charge is 2.35. The molecule has 3 aromatic rings. The number of H-pyrrole nitrogens is 1. The predicted octanol–water partition coefficient (Wildman–Crippen LogP) is 4.34.